The molecule has 6 heteroatoms. The maximum Gasteiger partial charge on any atom is 0.267 e. The Hall–Kier alpha value is -3.25. The average molecular weight is 391 g/mol. The maximum absolute atomic E-state index is 13.6. The average Bonchev–Trinajstić information content (AvgIpc) is 2.72. The lowest BCUT2D eigenvalue weighted by Crippen LogP contribution is -2.25. The maximum atomic E-state index is 13.6. The second-order valence-electron chi connectivity index (χ2n) is 7.00. The molecule has 0 aliphatic carbocycles. The molecule has 150 valence electrons. The second-order valence-corrected chi connectivity index (χ2v) is 7.00. The number of carbonyl (C=O) groups excluding carboxylic acids is 1. The highest BCUT2D eigenvalue weighted by Gasteiger charge is 2.17. The first-order chi connectivity index (χ1) is 13.9. The molecule has 0 atom stereocenters. The molecular formula is C23H25N3O3. The summed E-state index contributed by atoms with van der Waals surface area (Å²) < 4.78 is 1.71. The van der Waals surface area contributed by atoms with Crippen molar-refractivity contribution in [2.45, 2.75) is 40.5 Å². The number of carbonyl (C=O) groups is 1. The third-order valence-electron chi connectivity index (χ3n) is 5.04. The summed E-state index contributed by atoms with van der Waals surface area (Å²) in [5.74, 6) is 0.0908. The molecule has 2 N–H and O–H groups in total. The molecule has 0 saturated heterocycles. The molecule has 2 aromatic carbocycles. The number of rotatable bonds is 5. The summed E-state index contributed by atoms with van der Waals surface area (Å²) in [5, 5.41) is 9.20. The monoisotopic (exact) mass is 391 g/mol. The van der Waals surface area contributed by atoms with Crippen molar-refractivity contribution >= 4 is 22.9 Å². The van der Waals surface area contributed by atoms with Crippen LogP contribution >= 0.6 is 0 Å². The summed E-state index contributed by atoms with van der Waals surface area (Å²) >= 11 is 0. The number of hydrogen-bond donors (Lipinski definition) is 2. The lowest BCUT2D eigenvalue weighted by molar-refractivity contribution is -0.124. The van der Waals surface area contributed by atoms with Crippen molar-refractivity contribution in [1.82, 2.24) is 15.0 Å². The minimum absolute atomic E-state index is 0.124. The van der Waals surface area contributed by atoms with E-state index in [-0.39, 0.29) is 5.56 Å². The molecule has 3 rings (SSSR count). The number of benzene rings is 2. The Morgan fingerprint density at radius 2 is 1.86 bits per heavy atom. The van der Waals surface area contributed by atoms with Crippen molar-refractivity contribution < 1.29 is 10.0 Å². The van der Waals surface area contributed by atoms with Crippen molar-refractivity contribution in [2.75, 3.05) is 0 Å². The number of para-hydroxylation sites is 1. The minimum atomic E-state index is -0.629. The van der Waals surface area contributed by atoms with Gasteiger partial charge in [0.05, 0.1) is 16.6 Å². The van der Waals surface area contributed by atoms with Gasteiger partial charge >= 0.3 is 0 Å². The van der Waals surface area contributed by atoms with Crippen LogP contribution in [0.1, 0.15) is 41.9 Å². The smallest absolute Gasteiger partial charge is 0.267 e. The summed E-state index contributed by atoms with van der Waals surface area (Å²) in [4.78, 5) is 29.8. The highest BCUT2D eigenvalue weighted by molar-refractivity contribution is 5.92. The van der Waals surface area contributed by atoms with Crippen LogP contribution in [0.5, 0.6) is 0 Å². The fourth-order valence-electron chi connectivity index (χ4n) is 3.63. The zero-order valence-corrected chi connectivity index (χ0v) is 17.1. The fourth-order valence-corrected chi connectivity index (χ4v) is 3.63. The number of nitrogens with zero attached hydrogens (tertiary/aromatic N) is 2. The van der Waals surface area contributed by atoms with Gasteiger partial charge in [-0.3, -0.25) is 19.4 Å². The van der Waals surface area contributed by atoms with Gasteiger partial charge in [-0.2, -0.15) is 0 Å². The number of fused-ring (bicyclic) bond motifs is 1. The van der Waals surface area contributed by atoms with Gasteiger partial charge in [-0.15, -0.1) is 0 Å². The van der Waals surface area contributed by atoms with Crippen LogP contribution in [0.25, 0.3) is 22.7 Å². The molecule has 0 fully saturated rings. The number of aromatic nitrogens is 2. The van der Waals surface area contributed by atoms with E-state index < -0.39 is 5.91 Å². The normalized spacial score (nSPS) is 11.3. The van der Waals surface area contributed by atoms with E-state index in [1.165, 1.54) is 6.08 Å². The Bertz CT molecular complexity index is 1160. The van der Waals surface area contributed by atoms with Crippen LogP contribution in [0.4, 0.5) is 0 Å². The lowest BCUT2D eigenvalue weighted by atomic mass is 10.0. The van der Waals surface area contributed by atoms with Gasteiger partial charge in [0.2, 0.25) is 0 Å². The van der Waals surface area contributed by atoms with Gasteiger partial charge in [0.1, 0.15) is 5.82 Å². The fraction of sp³-hybridized carbons (Fsp3) is 0.261. The predicted molar refractivity (Wildman–Crippen MR) is 115 cm³/mol. The van der Waals surface area contributed by atoms with Gasteiger partial charge in [0.25, 0.3) is 11.5 Å². The Morgan fingerprint density at radius 3 is 2.45 bits per heavy atom. The Labute approximate surface area is 169 Å². The van der Waals surface area contributed by atoms with Crippen LogP contribution in [0.3, 0.4) is 0 Å². The van der Waals surface area contributed by atoms with Crippen molar-refractivity contribution in [3.8, 4) is 5.69 Å². The molecule has 0 spiro atoms. The van der Waals surface area contributed by atoms with Crippen LogP contribution in [0, 0.1) is 13.8 Å². The number of amides is 1. The zero-order valence-electron chi connectivity index (χ0n) is 17.1. The van der Waals surface area contributed by atoms with Gasteiger partial charge in [-0.25, -0.2) is 10.5 Å². The molecule has 0 bridgehead atoms. The molecule has 0 radical (unpaired) electrons. The first-order valence-corrected chi connectivity index (χ1v) is 9.68. The summed E-state index contributed by atoms with van der Waals surface area (Å²) in [6.07, 6.45) is 4.12. The Morgan fingerprint density at radius 1 is 1.17 bits per heavy atom. The van der Waals surface area contributed by atoms with E-state index in [2.05, 4.69) is 0 Å². The number of hydroxylamine groups is 1. The van der Waals surface area contributed by atoms with Crippen LogP contribution in [0.2, 0.25) is 0 Å². The van der Waals surface area contributed by atoms with Crippen molar-refractivity contribution in [3.05, 3.63) is 74.8 Å². The Balaban J connectivity index is 2.37. The molecule has 6 nitrogen and oxygen atoms in total. The van der Waals surface area contributed by atoms with Crippen LogP contribution < -0.4 is 11.0 Å². The largest absolute Gasteiger partial charge is 0.288 e. The van der Waals surface area contributed by atoms with Crippen LogP contribution in [-0.2, 0) is 17.6 Å². The molecule has 1 aromatic heterocycles. The highest BCUT2D eigenvalue weighted by Crippen LogP contribution is 2.23. The third-order valence-corrected chi connectivity index (χ3v) is 5.04. The molecule has 1 amide bonds. The van der Waals surface area contributed by atoms with Gasteiger partial charge < -0.3 is 0 Å². The predicted octanol–water partition coefficient (Wildman–Crippen LogP) is 3.65. The third kappa shape index (κ3) is 3.84. The summed E-state index contributed by atoms with van der Waals surface area (Å²) in [7, 11) is 0. The van der Waals surface area contributed by atoms with Crippen molar-refractivity contribution in [2.24, 2.45) is 0 Å². The summed E-state index contributed by atoms with van der Waals surface area (Å²) in [6, 6.07) is 9.61. The van der Waals surface area contributed by atoms with Gasteiger partial charge in [-0.1, -0.05) is 32.0 Å². The molecule has 3 aromatic rings. The number of hydrogen-bond acceptors (Lipinski definition) is 4. The minimum Gasteiger partial charge on any atom is -0.288 e. The molecule has 0 unspecified atom stereocenters. The lowest BCUT2D eigenvalue weighted by Gasteiger charge is -2.18. The van der Waals surface area contributed by atoms with Gasteiger partial charge in [0.15, 0.2) is 0 Å². The summed E-state index contributed by atoms with van der Waals surface area (Å²) in [5.41, 5.74) is 6.66. The standard InChI is InChI=1S/C23H25N3O3/c1-5-17-12-16(10-11-20(27)25-29)13-18-21(17)24-19(6-2)26(23(18)28)22-14(3)8-7-9-15(22)4/h7-13,29H,5-6H2,1-4H3,(H,25,27)/b11-10+. The zero-order chi connectivity index (χ0) is 21.1. The van der Waals surface area contributed by atoms with Crippen LogP contribution in [0.15, 0.2) is 41.2 Å². The second kappa shape index (κ2) is 8.41. The van der Waals surface area contributed by atoms with E-state index in [0.29, 0.717) is 29.3 Å². The molecule has 0 aliphatic heterocycles. The van der Waals surface area contributed by atoms with Crippen LogP contribution in [-0.4, -0.2) is 20.7 Å². The Kier molecular flexibility index (Phi) is 5.94. The van der Waals surface area contributed by atoms with E-state index in [1.807, 2.05) is 52.0 Å². The molecule has 0 saturated carbocycles. The van der Waals surface area contributed by atoms with E-state index >= 15 is 0 Å². The van der Waals surface area contributed by atoms with E-state index in [4.69, 9.17) is 10.2 Å². The SMILES string of the molecule is CCc1cc(/C=C/C(=O)NO)cc2c(=O)n(-c3c(C)cccc3C)c(CC)nc12. The molecular weight excluding hydrogens is 366 g/mol. The highest BCUT2D eigenvalue weighted by atomic mass is 16.5. The topological polar surface area (TPSA) is 84.2 Å². The first-order valence-electron chi connectivity index (χ1n) is 9.68. The molecule has 0 aliphatic rings. The first kappa shape index (κ1) is 20.5. The summed E-state index contributed by atoms with van der Waals surface area (Å²) in [6.45, 7) is 7.98. The van der Waals surface area contributed by atoms with E-state index in [1.54, 1.807) is 22.2 Å². The van der Waals surface area contributed by atoms with Gasteiger partial charge in [-0.05, 0) is 60.7 Å². The van der Waals surface area contributed by atoms with E-state index in [0.717, 1.165) is 28.2 Å². The van der Waals surface area contributed by atoms with Gasteiger partial charge in [0, 0.05) is 12.5 Å². The quantitative estimate of drug-likeness (QED) is 0.395. The molecule has 1 heterocycles. The van der Waals surface area contributed by atoms with Crippen molar-refractivity contribution in [3.63, 3.8) is 0 Å². The van der Waals surface area contributed by atoms with E-state index in [9.17, 15) is 9.59 Å². The number of nitrogens with one attached hydrogen (secondary N) is 1. The van der Waals surface area contributed by atoms with Crippen molar-refractivity contribution in [1.29, 1.82) is 0 Å². The number of aryl methyl sites for hydroxylation is 4. The molecule has 29 heavy (non-hydrogen) atoms.